The van der Waals surface area contributed by atoms with Gasteiger partial charge in [-0.3, -0.25) is 9.69 Å². The van der Waals surface area contributed by atoms with E-state index in [2.05, 4.69) is 15.3 Å². The number of hydrogen-bond acceptors (Lipinski definition) is 4. The van der Waals surface area contributed by atoms with Gasteiger partial charge in [-0.2, -0.15) is 0 Å². The van der Waals surface area contributed by atoms with Crippen molar-refractivity contribution < 1.29 is 9.90 Å². The lowest BCUT2D eigenvalue weighted by atomic mass is 10.2. The van der Waals surface area contributed by atoms with E-state index in [1.165, 1.54) is 0 Å². The largest absolute Gasteiger partial charge is 0.392 e. The summed E-state index contributed by atoms with van der Waals surface area (Å²) in [5, 5.41) is 12.8. The molecule has 7 nitrogen and oxygen atoms in total. The minimum Gasteiger partial charge on any atom is -0.392 e. The Balaban J connectivity index is 1.62. The average molecular weight is 318 g/mol. The molecule has 0 radical (unpaired) electrons. The smallest absolute Gasteiger partial charge is 0.323 e. The molecule has 7 heteroatoms. The van der Waals surface area contributed by atoms with Gasteiger partial charge in [0.2, 0.25) is 5.91 Å². The molecule has 2 unspecified atom stereocenters. The van der Waals surface area contributed by atoms with Crippen molar-refractivity contribution in [2.45, 2.75) is 31.9 Å². The van der Waals surface area contributed by atoms with Crippen molar-refractivity contribution in [3.8, 4) is 0 Å². The van der Waals surface area contributed by atoms with E-state index in [-0.39, 0.29) is 23.7 Å². The minimum absolute atomic E-state index is 0.146. The Hall–Kier alpha value is -2.12. The molecule has 2 atom stereocenters. The van der Waals surface area contributed by atoms with Gasteiger partial charge in [-0.15, -0.1) is 0 Å². The van der Waals surface area contributed by atoms with E-state index < -0.39 is 0 Å². The predicted molar refractivity (Wildman–Crippen MR) is 88.4 cm³/mol. The molecule has 0 spiro atoms. The van der Waals surface area contributed by atoms with Crippen LogP contribution in [0, 0.1) is 5.92 Å². The molecule has 3 rings (SSSR count). The maximum atomic E-state index is 12.3. The van der Waals surface area contributed by atoms with Crippen LogP contribution in [-0.2, 0) is 4.79 Å². The summed E-state index contributed by atoms with van der Waals surface area (Å²) < 4.78 is 0. The van der Waals surface area contributed by atoms with Gasteiger partial charge in [0.15, 0.2) is 0 Å². The van der Waals surface area contributed by atoms with Crippen molar-refractivity contribution in [1.29, 1.82) is 0 Å². The van der Waals surface area contributed by atoms with Gasteiger partial charge in [0.1, 0.15) is 0 Å². The van der Waals surface area contributed by atoms with Crippen molar-refractivity contribution in [3.05, 3.63) is 28.7 Å². The number of fused-ring (bicyclic) bond motifs is 1. The number of hydrogen-bond donors (Lipinski definition) is 4. The molecule has 1 aromatic carbocycles. The fourth-order valence-electron chi connectivity index (χ4n) is 2.64. The molecule has 1 fully saturated rings. The number of likely N-dealkylation sites (N-methyl/N-ethyl adjacent to an activating group) is 1. The molecule has 0 saturated heterocycles. The van der Waals surface area contributed by atoms with Crippen LogP contribution in [-0.4, -0.2) is 51.6 Å². The minimum atomic E-state index is -0.364. The van der Waals surface area contributed by atoms with Crippen LogP contribution >= 0.6 is 0 Å². The Labute approximate surface area is 133 Å². The zero-order valence-electron chi connectivity index (χ0n) is 13.3. The number of H-pyrrole nitrogens is 2. The third-order valence-corrected chi connectivity index (χ3v) is 4.47. The van der Waals surface area contributed by atoms with E-state index in [1.807, 2.05) is 18.9 Å². The topological polar surface area (TPSA) is 101 Å². The number of carbonyl (C=O) groups is 1. The third-order valence-electron chi connectivity index (χ3n) is 4.47. The zero-order chi connectivity index (χ0) is 16.6. The first-order chi connectivity index (χ1) is 10.9. The van der Waals surface area contributed by atoms with E-state index in [1.54, 1.807) is 18.2 Å². The van der Waals surface area contributed by atoms with Crippen molar-refractivity contribution in [2.75, 3.05) is 18.9 Å². The number of benzene rings is 1. The fourth-order valence-corrected chi connectivity index (χ4v) is 2.64. The van der Waals surface area contributed by atoms with Gasteiger partial charge >= 0.3 is 5.69 Å². The van der Waals surface area contributed by atoms with Gasteiger partial charge in [-0.1, -0.05) is 0 Å². The fraction of sp³-hybridized carbons (Fsp3) is 0.500. The van der Waals surface area contributed by atoms with Crippen molar-refractivity contribution in [1.82, 2.24) is 14.9 Å². The first-order valence-corrected chi connectivity index (χ1v) is 7.85. The van der Waals surface area contributed by atoms with E-state index in [0.717, 1.165) is 12.8 Å². The molecule has 1 amide bonds. The van der Waals surface area contributed by atoms with Crippen molar-refractivity contribution >= 4 is 22.6 Å². The summed E-state index contributed by atoms with van der Waals surface area (Å²) in [5.41, 5.74) is 1.70. The van der Waals surface area contributed by atoms with Gasteiger partial charge in [-0.05, 0) is 50.9 Å². The molecule has 23 heavy (non-hydrogen) atoms. The van der Waals surface area contributed by atoms with E-state index in [9.17, 15) is 14.7 Å². The maximum absolute atomic E-state index is 12.3. The highest BCUT2D eigenvalue weighted by Crippen LogP contribution is 2.32. The molecule has 1 saturated carbocycles. The van der Waals surface area contributed by atoms with Crippen LogP contribution in [0.2, 0.25) is 0 Å². The second-order valence-corrected chi connectivity index (χ2v) is 6.35. The number of amides is 1. The quantitative estimate of drug-likeness (QED) is 0.635. The second kappa shape index (κ2) is 6.17. The standard InChI is InChI=1S/C16H22N4O3/c1-9(20(2)8-14(21)10-3-4-10)15(22)17-11-5-6-12-13(7-11)19-16(23)18-12/h5-7,9-10,14,21H,3-4,8H2,1-2H3,(H,17,22)(H2,18,19,23). The summed E-state index contributed by atoms with van der Waals surface area (Å²) in [6, 6.07) is 4.85. The molecule has 0 aliphatic heterocycles. The third kappa shape index (κ3) is 3.62. The molecular formula is C16H22N4O3. The van der Waals surface area contributed by atoms with Crippen LogP contribution in [0.15, 0.2) is 23.0 Å². The molecule has 1 heterocycles. The number of nitrogens with one attached hydrogen (secondary N) is 3. The Bertz CT molecular complexity index is 762. The zero-order valence-corrected chi connectivity index (χ0v) is 13.3. The lowest BCUT2D eigenvalue weighted by Gasteiger charge is -2.26. The van der Waals surface area contributed by atoms with Crippen molar-refractivity contribution in [2.24, 2.45) is 5.92 Å². The van der Waals surface area contributed by atoms with E-state index in [4.69, 9.17) is 0 Å². The first-order valence-electron chi connectivity index (χ1n) is 7.85. The summed E-state index contributed by atoms with van der Waals surface area (Å²) >= 11 is 0. The summed E-state index contributed by atoms with van der Waals surface area (Å²) in [6.45, 7) is 2.30. The maximum Gasteiger partial charge on any atom is 0.323 e. The lowest BCUT2D eigenvalue weighted by molar-refractivity contribution is -0.120. The molecule has 124 valence electrons. The van der Waals surface area contributed by atoms with Gasteiger partial charge in [0.05, 0.1) is 23.2 Å². The monoisotopic (exact) mass is 318 g/mol. The number of anilines is 1. The molecule has 1 aliphatic rings. The SMILES string of the molecule is CC(C(=O)Nc1ccc2[nH]c(=O)[nH]c2c1)N(C)CC(O)C1CC1. The highest BCUT2D eigenvalue weighted by Gasteiger charge is 2.31. The van der Waals surface area contributed by atoms with Crippen LogP contribution in [0.1, 0.15) is 19.8 Å². The average Bonchev–Trinajstić information content (AvgIpc) is 3.28. The number of aliphatic hydroxyl groups excluding tert-OH is 1. The van der Waals surface area contributed by atoms with Gasteiger partial charge < -0.3 is 20.4 Å². The number of aromatic nitrogens is 2. The molecule has 1 aromatic heterocycles. The second-order valence-electron chi connectivity index (χ2n) is 6.35. The highest BCUT2D eigenvalue weighted by molar-refractivity contribution is 5.96. The Morgan fingerprint density at radius 1 is 1.39 bits per heavy atom. The molecule has 4 N–H and O–H groups in total. The molecule has 0 bridgehead atoms. The van der Waals surface area contributed by atoms with Gasteiger partial charge in [-0.25, -0.2) is 4.79 Å². The number of aromatic amines is 2. The summed E-state index contributed by atoms with van der Waals surface area (Å²) in [4.78, 5) is 30.8. The number of carbonyl (C=O) groups excluding carboxylic acids is 1. The van der Waals surface area contributed by atoms with Crippen LogP contribution < -0.4 is 11.0 Å². The predicted octanol–water partition coefficient (Wildman–Crippen LogP) is 0.886. The summed E-state index contributed by atoms with van der Waals surface area (Å²) in [5.74, 6) is 0.244. The Morgan fingerprint density at radius 3 is 2.78 bits per heavy atom. The molecular weight excluding hydrogens is 296 g/mol. The lowest BCUT2D eigenvalue weighted by Crippen LogP contribution is -2.43. The van der Waals surface area contributed by atoms with Crippen LogP contribution in [0.25, 0.3) is 11.0 Å². The number of nitrogens with zero attached hydrogens (tertiary/aromatic N) is 1. The normalized spacial score (nSPS) is 17.4. The van der Waals surface area contributed by atoms with Crippen LogP contribution in [0.4, 0.5) is 5.69 Å². The number of imidazole rings is 1. The van der Waals surface area contributed by atoms with E-state index >= 15 is 0 Å². The Morgan fingerprint density at radius 2 is 2.09 bits per heavy atom. The van der Waals surface area contributed by atoms with Gasteiger partial charge in [0, 0.05) is 12.2 Å². The number of rotatable bonds is 6. The summed E-state index contributed by atoms with van der Waals surface area (Å²) in [7, 11) is 1.84. The molecule has 2 aromatic rings. The first kappa shape index (κ1) is 15.8. The van der Waals surface area contributed by atoms with Crippen LogP contribution in [0.5, 0.6) is 0 Å². The van der Waals surface area contributed by atoms with Crippen LogP contribution in [0.3, 0.4) is 0 Å². The van der Waals surface area contributed by atoms with Gasteiger partial charge in [0.25, 0.3) is 0 Å². The van der Waals surface area contributed by atoms with Crippen molar-refractivity contribution in [3.63, 3.8) is 0 Å². The highest BCUT2D eigenvalue weighted by atomic mass is 16.3. The Kier molecular flexibility index (Phi) is 4.23. The number of aliphatic hydroxyl groups is 1. The van der Waals surface area contributed by atoms with E-state index in [0.29, 0.717) is 29.2 Å². The summed E-state index contributed by atoms with van der Waals surface area (Å²) in [6.07, 6.45) is 1.78. The molecule has 1 aliphatic carbocycles.